The van der Waals surface area contributed by atoms with Crippen LogP contribution in [-0.2, 0) is 24.2 Å². The number of primary amides is 1. The average Bonchev–Trinajstić information content (AvgIpc) is 2.41. The number of hydrogen-bond donors (Lipinski definition) is 1. The summed E-state index contributed by atoms with van der Waals surface area (Å²) in [5.74, 6) is -0.542. The first-order valence-electron chi connectivity index (χ1n) is 6.11. The van der Waals surface area contributed by atoms with Gasteiger partial charge in [-0.1, -0.05) is 24.3 Å². The van der Waals surface area contributed by atoms with Gasteiger partial charge in [-0.25, -0.2) is 4.98 Å². The van der Waals surface area contributed by atoms with E-state index in [1.165, 1.54) is 16.5 Å². The number of benzene rings is 1. The van der Waals surface area contributed by atoms with Crippen molar-refractivity contribution in [1.82, 2.24) is 9.55 Å². The molecule has 0 radical (unpaired) electrons. The summed E-state index contributed by atoms with van der Waals surface area (Å²) in [6, 6.07) is 7.94. The summed E-state index contributed by atoms with van der Waals surface area (Å²) < 4.78 is 1.27. The molecule has 1 amide bonds. The topological polar surface area (TPSA) is 78.0 Å². The van der Waals surface area contributed by atoms with E-state index >= 15 is 0 Å². The Balaban J connectivity index is 2.17. The molecule has 0 unspecified atom stereocenters. The fourth-order valence-corrected chi connectivity index (χ4v) is 2.50. The van der Waals surface area contributed by atoms with E-state index in [0.29, 0.717) is 12.0 Å². The van der Waals surface area contributed by atoms with E-state index in [2.05, 4.69) is 11.1 Å². The number of amides is 1. The zero-order valence-electron chi connectivity index (χ0n) is 10.3. The summed E-state index contributed by atoms with van der Waals surface area (Å²) in [7, 11) is 0. The molecule has 5 nitrogen and oxygen atoms in total. The molecule has 1 aromatic carbocycles. The Morgan fingerprint density at radius 2 is 2.11 bits per heavy atom. The predicted octanol–water partition coefficient (Wildman–Crippen LogP) is 0.494. The van der Waals surface area contributed by atoms with Gasteiger partial charge >= 0.3 is 0 Å². The van der Waals surface area contributed by atoms with Crippen molar-refractivity contribution in [3.8, 4) is 11.3 Å². The van der Waals surface area contributed by atoms with Gasteiger partial charge in [-0.15, -0.1) is 0 Å². The second-order valence-corrected chi connectivity index (χ2v) is 4.63. The number of rotatable bonds is 2. The highest BCUT2D eigenvalue weighted by molar-refractivity contribution is 5.74. The van der Waals surface area contributed by atoms with Gasteiger partial charge in [0.2, 0.25) is 5.91 Å². The molecule has 19 heavy (non-hydrogen) atoms. The van der Waals surface area contributed by atoms with Crippen molar-refractivity contribution in [2.45, 2.75) is 19.4 Å². The number of fused-ring (bicyclic) bond motifs is 3. The van der Waals surface area contributed by atoms with Crippen molar-refractivity contribution in [2.75, 3.05) is 0 Å². The first kappa shape index (κ1) is 11.6. The van der Waals surface area contributed by atoms with Crippen molar-refractivity contribution >= 4 is 5.91 Å². The molecule has 0 bridgehead atoms. The van der Waals surface area contributed by atoms with Crippen LogP contribution >= 0.6 is 0 Å². The Labute approximate surface area is 109 Å². The van der Waals surface area contributed by atoms with Crippen LogP contribution in [0.4, 0.5) is 0 Å². The number of aryl methyl sites for hydroxylation is 1. The van der Waals surface area contributed by atoms with Gasteiger partial charge in [0, 0.05) is 11.1 Å². The van der Waals surface area contributed by atoms with E-state index < -0.39 is 5.91 Å². The lowest BCUT2D eigenvalue weighted by Crippen LogP contribution is -2.32. The minimum atomic E-state index is -0.542. The molecule has 1 aliphatic carbocycles. The number of carbonyl (C=O) groups excluding carboxylic acids is 1. The number of hydrogen-bond acceptors (Lipinski definition) is 3. The molecule has 0 aliphatic heterocycles. The average molecular weight is 255 g/mol. The first-order valence-corrected chi connectivity index (χ1v) is 6.11. The molecule has 0 saturated heterocycles. The Morgan fingerprint density at radius 1 is 1.32 bits per heavy atom. The van der Waals surface area contributed by atoms with Crippen LogP contribution in [0.2, 0.25) is 0 Å². The largest absolute Gasteiger partial charge is 0.368 e. The molecule has 1 aromatic heterocycles. The molecular weight excluding hydrogens is 242 g/mol. The summed E-state index contributed by atoms with van der Waals surface area (Å²) in [5.41, 5.74) is 8.56. The molecule has 2 N–H and O–H groups in total. The fourth-order valence-electron chi connectivity index (χ4n) is 2.50. The van der Waals surface area contributed by atoms with Crippen molar-refractivity contribution in [3.05, 3.63) is 52.1 Å². The molecule has 1 aliphatic rings. The maximum Gasteiger partial charge on any atom is 0.257 e. The highest BCUT2D eigenvalue weighted by atomic mass is 16.2. The minimum absolute atomic E-state index is 0.124. The van der Waals surface area contributed by atoms with Crippen molar-refractivity contribution in [1.29, 1.82) is 0 Å². The normalized spacial score (nSPS) is 12.6. The lowest BCUT2D eigenvalue weighted by molar-refractivity contribution is -0.118. The highest BCUT2D eigenvalue weighted by Gasteiger charge is 2.20. The van der Waals surface area contributed by atoms with Crippen molar-refractivity contribution < 1.29 is 4.79 Å². The number of carbonyl (C=O) groups is 1. The minimum Gasteiger partial charge on any atom is -0.368 e. The molecule has 0 fully saturated rings. The van der Waals surface area contributed by atoms with Crippen LogP contribution in [-0.4, -0.2) is 15.5 Å². The monoisotopic (exact) mass is 255 g/mol. The van der Waals surface area contributed by atoms with E-state index in [0.717, 1.165) is 17.7 Å². The molecule has 0 atom stereocenters. The van der Waals surface area contributed by atoms with Crippen LogP contribution < -0.4 is 11.3 Å². The Morgan fingerprint density at radius 3 is 2.89 bits per heavy atom. The molecule has 2 aromatic rings. The molecular formula is C14H13N3O2. The summed E-state index contributed by atoms with van der Waals surface area (Å²) >= 11 is 0. The molecule has 3 rings (SSSR count). The number of aromatic nitrogens is 2. The summed E-state index contributed by atoms with van der Waals surface area (Å²) in [6.07, 6.45) is 2.87. The first-order chi connectivity index (χ1) is 9.16. The van der Waals surface area contributed by atoms with Gasteiger partial charge in [0.25, 0.3) is 5.56 Å². The van der Waals surface area contributed by atoms with Gasteiger partial charge in [0.15, 0.2) is 0 Å². The zero-order valence-corrected chi connectivity index (χ0v) is 10.3. The standard InChI is InChI=1S/C14H13N3O2/c15-12(18)7-17-8-16-13-10-4-2-1-3-9(10)5-6-11(13)14(17)19/h1-4,8H,5-7H2,(H2,15,18). The van der Waals surface area contributed by atoms with Gasteiger partial charge in [0.05, 0.1) is 12.0 Å². The number of nitrogens with two attached hydrogens (primary N) is 1. The van der Waals surface area contributed by atoms with Gasteiger partial charge in [-0.3, -0.25) is 14.2 Å². The smallest absolute Gasteiger partial charge is 0.257 e. The van der Waals surface area contributed by atoms with Crippen LogP contribution in [0, 0.1) is 0 Å². The zero-order chi connectivity index (χ0) is 13.4. The maximum atomic E-state index is 12.3. The second-order valence-electron chi connectivity index (χ2n) is 4.63. The molecule has 0 spiro atoms. The lowest BCUT2D eigenvalue weighted by Gasteiger charge is -2.18. The van der Waals surface area contributed by atoms with Crippen LogP contribution in [0.25, 0.3) is 11.3 Å². The fraction of sp³-hybridized carbons (Fsp3) is 0.214. The third kappa shape index (κ3) is 1.93. The van der Waals surface area contributed by atoms with E-state index in [1.807, 2.05) is 18.2 Å². The van der Waals surface area contributed by atoms with Gasteiger partial charge in [-0.2, -0.15) is 0 Å². The molecule has 1 heterocycles. The van der Waals surface area contributed by atoms with Crippen LogP contribution in [0.3, 0.4) is 0 Å². The van der Waals surface area contributed by atoms with E-state index in [1.54, 1.807) is 0 Å². The predicted molar refractivity (Wildman–Crippen MR) is 70.5 cm³/mol. The Kier molecular flexibility index (Phi) is 2.67. The van der Waals surface area contributed by atoms with E-state index in [9.17, 15) is 9.59 Å². The summed E-state index contributed by atoms with van der Waals surface area (Å²) in [5, 5.41) is 0. The van der Waals surface area contributed by atoms with Crippen LogP contribution in [0.15, 0.2) is 35.4 Å². The quantitative estimate of drug-likeness (QED) is 0.848. The highest BCUT2D eigenvalue weighted by Crippen LogP contribution is 2.29. The molecule has 96 valence electrons. The van der Waals surface area contributed by atoms with Crippen molar-refractivity contribution in [2.24, 2.45) is 5.73 Å². The summed E-state index contributed by atoms with van der Waals surface area (Å²) in [6.45, 7) is -0.124. The summed E-state index contributed by atoms with van der Waals surface area (Å²) in [4.78, 5) is 27.5. The van der Waals surface area contributed by atoms with E-state index in [-0.39, 0.29) is 12.1 Å². The SMILES string of the molecule is NC(=O)Cn1cnc2c(c1=O)CCc1ccccc1-2. The maximum absolute atomic E-state index is 12.3. The van der Waals surface area contributed by atoms with Gasteiger partial charge in [-0.05, 0) is 18.4 Å². The third-order valence-electron chi connectivity index (χ3n) is 3.37. The Bertz CT molecular complexity index is 719. The van der Waals surface area contributed by atoms with Crippen LogP contribution in [0.5, 0.6) is 0 Å². The van der Waals surface area contributed by atoms with Crippen LogP contribution in [0.1, 0.15) is 11.1 Å². The Hall–Kier alpha value is -2.43. The van der Waals surface area contributed by atoms with E-state index in [4.69, 9.17) is 5.73 Å². The third-order valence-corrected chi connectivity index (χ3v) is 3.37. The lowest BCUT2D eigenvalue weighted by atomic mass is 9.90. The molecule has 5 heteroatoms. The van der Waals surface area contributed by atoms with Gasteiger partial charge in [0.1, 0.15) is 6.54 Å². The second kappa shape index (κ2) is 4.35. The number of nitrogens with zero attached hydrogens (tertiary/aromatic N) is 2. The van der Waals surface area contributed by atoms with Gasteiger partial charge < -0.3 is 5.73 Å². The van der Waals surface area contributed by atoms with Crippen molar-refractivity contribution in [3.63, 3.8) is 0 Å². The molecule has 0 saturated carbocycles.